The van der Waals surface area contributed by atoms with Gasteiger partial charge in [0.25, 0.3) is 0 Å². The molecule has 0 aliphatic heterocycles. The van der Waals surface area contributed by atoms with Gasteiger partial charge >= 0.3 is 0 Å². The zero-order valence-corrected chi connectivity index (χ0v) is 15.0. The molecule has 0 amide bonds. The fraction of sp³-hybridized carbons (Fsp3) is 0.222. The first-order valence-electron chi connectivity index (χ1n) is 7.47. The monoisotopic (exact) mass is 370 g/mol. The Labute approximate surface area is 144 Å². The van der Waals surface area contributed by atoms with Crippen LogP contribution in [-0.4, -0.2) is 15.2 Å². The fourth-order valence-corrected chi connectivity index (χ4v) is 3.63. The molecule has 0 radical (unpaired) electrons. The number of aromatic amines is 1. The highest BCUT2D eigenvalue weighted by Crippen LogP contribution is 2.32. The molecule has 5 heteroatoms. The summed E-state index contributed by atoms with van der Waals surface area (Å²) in [5, 5.41) is 10.5. The van der Waals surface area contributed by atoms with E-state index in [0.29, 0.717) is 5.82 Å². The van der Waals surface area contributed by atoms with Crippen LogP contribution in [0.15, 0.2) is 53.3 Å². The molecule has 0 unspecified atom stereocenters. The molecular weight excluding hydrogens is 352 g/mol. The van der Waals surface area contributed by atoms with Gasteiger partial charge in [0.1, 0.15) is 6.33 Å². The van der Waals surface area contributed by atoms with Gasteiger partial charge in [0, 0.05) is 15.7 Å². The third-order valence-electron chi connectivity index (χ3n) is 3.79. The number of nitrogens with zero attached hydrogens (tertiary/aromatic N) is 2. The van der Waals surface area contributed by atoms with Crippen molar-refractivity contribution < 1.29 is 0 Å². The number of halogens is 1. The average Bonchev–Trinajstić information content (AvgIpc) is 3.00. The van der Waals surface area contributed by atoms with E-state index >= 15 is 0 Å². The van der Waals surface area contributed by atoms with E-state index in [1.54, 1.807) is 6.33 Å². The first kappa shape index (κ1) is 15.7. The van der Waals surface area contributed by atoms with E-state index in [1.807, 2.05) is 12.1 Å². The van der Waals surface area contributed by atoms with Gasteiger partial charge in [0.2, 0.25) is 0 Å². The van der Waals surface area contributed by atoms with Gasteiger partial charge in [0.05, 0.1) is 5.54 Å². The lowest BCUT2D eigenvalue weighted by Gasteiger charge is -2.29. The Morgan fingerprint density at radius 3 is 2.65 bits per heavy atom. The van der Waals surface area contributed by atoms with Crippen LogP contribution in [0.1, 0.15) is 25.0 Å². The van der Waals surface area contributed by atoms with Crippen molar-refractivity contribution in [2.75, 3.05) is 5.32 Å². The first-order valence-corrected chi connectivity index (χ1v) is 8.26. The zero-order chi connectivity index (χ0) is 16.4. The second-order valence-corrected chi connectivity index (χ2v) is 6.99. The number of hydrogen-bond acceptors (Lipinski definition) is 3. The molecule has 4 nitrogen and oxygen atoms in total. The number of rotatable bonds is 4. The molecule has 0 aliphatic rings. The van der Waals surface area contributed by atoms with Gasteiger partial charge < -0.3 is 5.32 Å². The number of anilines is 1. The van der Waals surface area contributed by atoms with Crippen molar-refractivity contribution in [3.63, 3.8) is 0 Å². The van der Waals surface area contributed by atoms with Crippen molar-refractivity contribution in [1.82, 2.24) is 15.2 Å². The standard InChI is InChI=1S/C18H19BrN4/c1-12-7-8-15(16(19)9-12)18(2,3)22-14-6-4-5-13(10-14)17-20-11-21-23-17/h4-11,22H,1-3H3,(H,20,21,23). The molecule has 0 spiro atoms. The molecule has 1 aromatic heterocycles. The zero-order valence-electron chi connectivity index (χ0n) is 13.4. The molecule has 23 heavy (non-hydrogen) atoms. The lowest BCUT2D eigenvalue weighted by molar-refractivity contribution is 0.606. The molecule has 0 saturated heterocycles. The van der Waals surface area contributed by atoms with Crippen LogP contribution in [0.25, 0.3) is 11.4 Å². The number of aryl methyl sites for hydroxylation is 1. The van der Waals surface area contributed by atoms with Crippen LogP contribution in [0.5, 0.6) is 0 Å². The maximum atomic E-state index is 4.20. The number of H-pyrrole nitrogens is 1. The fourth-order valence-electron chi connectivity index (χ4n) is 2.64. The third kappa shape index (κ3) is 3.45. The molecule has 3 rings (SSSR count). The Balaban J connectivity index is 1.90. The van der Waals surface area contributed by atoms with Gasteiger partial charge in [-0.3, -0.25) is 5.10 Å². The minimum absolute atomic E-state index is 0.218. The second-order valence-electron chi connectivity index (χ2n) is 6.14. The van der Waals surface area contributed by atoms with E-state index in [-0.39, 0.29) is 5.54 Å². The normalized spacial score (nSPS) is 11.5. The summed E-state index contributed by atoms with van der Waals surface area (Å²) < 4.78 is 1.11. The lowest BCUT2D eigenvalue weighted by atomic mass is 9.93. The summed E-state index contributed by atoms with van der Waals surface area (Å²) in [5.74, 6) is 0.697. The van der Waals surface area contributed by atoms with Gasteiger partial charge in [-0.1, -0.05) is 40.2 Å². The van der Waals surface area contributed by atoms with Crippen LogP contribution in [0.4, 0.5) is 5.69 Å². The van der Waals surface area contributed by atoms with Gasteiger partial charge in [-0.05, 0) is 50.1 Å². The quantitative estimate of drug-likeness (QED) is 0.687. The minimum atomic E-state index is -0.218. The van der Waals surface area contributed by atoms with E-state index in [1.165, 1.54) is 11.1 Å². The molecule has 3 aromatic rings. The second kappa shape index (κ2) is 6.16. The Hall–Kier alpha value is -2.14. The molecule has 0 bridgehead atoms. The van der Waals surface area contributed by atoms with E-state index < -0.39 is 0 Å². The van der Waals surface area contributed by atoms with Crippen molar-refractivity contribution in [2.45, 2.75) is 26.3 Å². The maximum absolute atomic E-state index is 4.20. The summed E-state index contributed by atoms with van der Waals surface area (Å²) >= 11 is 3.68. The molecule has 2 N–H and O–H groups in total. The molecule has 0 saturated carbocycles. The van der Waals surface area contributed by atoms with Crippen LogP contribution in [0, 0.1) is 6.92 Å². The van der Waals surface area contributed by atoms with Crippen molar-refractivity contribution in [3.8, 4) is 11.4 Å². The number of nitrogens with one attached hydrogen (secondary N) is 2. The Morgan fingerprint density at radius 2 is 1.96 bits per heavy atom. The summed E-state index contributed by atoms with van der Waals surface area (Å²) in [7, 11) is 0. The van der Waals surface area contributed by atoms with Crippen molar-refractivity contribution in [3.05, 3.63) is 64.4 Å². The SMILES string of the molecule is Cc1ccc(C(C)(C)Nc2cccc(-c3nc[nH]n3)c2)c(Br)c1. The molecule has 2 aromatic carbocycles. The van der Waals surface area contributed by atoms with Crippen molar-refractivity contribution in [1.29, 1.82) is 0 Å². The van der Waals surface area contributed by atoms with E-state index in [4.69, 9.17) is 0 Å². The van der Waals surface area contributed by atoms with Crippen molar-refractivity contribution in [2.24, 2.45) is 0 Å². The summed E-state index contributed by atoms with van der Waals surface area (Å²) in [6.45, 7) is 6.43. The smallest absolute Gasteiger partial charge is 0.180 e. The third-order valence-corrected chi connectivity index (χ3v) is 4.45. The molecule has 1 heterocycles. The maximum Gasteiger partial charge on any atom is 0.180 e. The Bertz CT molecular complexity index is 810. The van der Waals surface area contributed by atoms with Gasteiger partial charge in [-0.15, -0.1) is 0 Å². The summed E-state index contributed by atoms with van der Waals surface area (Å²) in [6, 6.07) is 14.6. The van der Waals surface area contributed by atoms with Crippen LogP contribution < -0.4 is 5.32 Å². The lowest BCUT2D eigenvalue weighted by Crippen LogP contribution is -2.28. The van der Waals surface area contributed by atoms with Gasteiger partial charge in [-0.2, -0.15) is 5.10 Å². The van der Waals surface area contributed by atoms with Crippen LogP contribution in [-0.2, 0) is 5.54 Å². The number of benzene rings is 2. The van der Waals surface area contributed by atoms with E-state index in [0.717, 1.165) is 15.7 Å². The number of aromatic nitrogens is 3. The molecule has 0 aliphatic carbocycles. The first-order chi connectivity index (χ1) is 11.0. The summed E-state index contributed by atoms with van der Waals surface area (Å²) in [4.78, 5) is 4.20. The minimum Gasteiger partial charge on any atom is -0.376 e. The van der Waals surface area contributed by atoms with Crippen LogP contribution >= 0.6 is 15.9 Å². The van der Waals surface area contributed by atoms with Crippen LogP contribution in [0.3, 0.4) is 0 Å². The Kier molecular flexibility index (Phi) is 4.22. The van der Waals surface area contributed by atoms with Gasteiger partial charge in [-0.25, -0.2) is 4.98 Å². The van der Waals surface area contributed by atoms with E-state index in [9.17, 15) is 0 Å². The van der Waals surface area contributed by atoms with Crippen molar-refractivity contribution >= 4 is 21.6 Å². The average molecular weight is 371 g/mol. The molecule has 0 fully saturated rings. The highest BCUT2D eigenvalue weighted by Gasteiger charge is 2.23. The molecule has 0 atom stereocenters. The predicted molar refractivity (Wildman–Crippen MR) is 97.3 cm³/mol. The molecule has 118 valence electrons. The highest BCUT2D eigenvalue weighted by molar-refractivity contribution is 9.10. The topological polar surface area (TPSA) is 53.6 Å². The summed E-state index contributed by atoms with van der Waals surface area (Å²) in [6.07, 6.45) is 1.59. The van der Waals surface area contributed by atoms with E-state index in [2.05, 4.69) is 87.5 Å². The number of hydrogen-bond donors (Lipinski definition) is 2. The predicted octanol–water partition coefficient (Wildman–Crippen LogP) is 4.89. The molecular formula is C18H19BrN4. The Morgan fingerprint density at radius 1 is 1.13 bits per heavy atom. The highest BCUT2D eigenvalue weighted by atomic mass is 79.9. The van der Waals surface area contributed by atoms with Crippen LogP contribution in [0.2, 0.25) is 0 Å². The largest absolute Gasteiger partial charge is 0.376 e. The summed E-state index contributed by atoms with van der Waals surface area (Å²) in [5.41, 5.74) is 4.25. The van der Waals surface area contributed by atoms with Gasteiger partial charge in [0.15, 0.2) is 5.82 Å².